The van der Waals surface area contributed by atoms with E-state index in [9.17, 15) is 19.2 Å². The van der Waals surface area contributed by atoms with Crippen molar-refractivity contribution < 1.29 is 38.1 Å². The van der Waals surface area contributed by atoms with Gasteiger partial charge in [-0.3, -0.25) is 9.59 Å². The van der Waals surface area contributed by atoms with Gasteiger partial charge < -0.3 is 18.9 Å². The van der Waals surface area contributed by atoms with Gasteiger partial charge in [0.05, 0.1) is 10.8 Å². The third kappa shape index (κ3) is 7.02. The van der Waals surface area contributed by atoms with Crippen molar-refractivity contribution in [2.75, 3.05) is 13.2 Å². The zero-order chi connectivity index (χ0) is 26.3. The number of thiophene rings is 2. The summed E-state index contributed by atoms with van der Waals surface area (Å²) in [6.07, 6.45) is 0. The number of rotatable bonds is 10. The Kier molecular flexibility index (Phi) is 8.65. The maximum Gasteiger partial charge on any atom is 0.348 e. The average Bonchev–Trinajstić information content (AvgIpc) is 3.57. The third-order valence-electron chi connectivity index (χ3n) is 4.93. The fourth-order valence-corrected chi connectivity index (χ4v) is 3.87. The normalized spacial score (nSPS) is 11.4. The Morgan fingerprint density at radius 3 is 1.36 bits per heavy atom. The monoisotopic (exact) mass is 530 g/mol. The van der Waals surface area contributed by atoms with E-state index in [1.165, 1.54) is 34.8 Å². The van der Waals surface area contributed by atoms with Gasteiger partial charge in [-0.05, 0) is 62.7 Å². The summed E-state index contributed by atoms with van der Waals surface area (Å²) in [7, 11) is 0. The lowest BCUT2D eigenvalue weighted by Gasteiger charge is -2.24. The highest BCUT2D eigenvalue weighted by Gasteiger charge is 2.35. The van der Waals surface area contributed by atoms with Gasteiger partial charge in [-0.2, -0.15) is 0 Å². The zero-order valence-corrected chi connectivity index (χ0v) is 21.9. The number of carbonyl (C=O) groups is 4. The zero-order valence-electron chi connectivity index (χ0n) is 20.3. The fourth-order valence-electron chi connectivity index (χ4n) is 2.64. The summed E-state index contributed by atoms with van der Waals surface area (Å²) >= 11 is 2.48. The van der Waals surface area contributed by atoms with Gasteiger partial charge in [-0.25, -0.2) is 9.59 Å². The van der Waals surface area contributed by atoms with Gasteiger partial charge in [0, 0.05) is 0 Å². The molecule has 3 rings (SSSR count). The summed E-state index contributed by atoms with van der Waals surface area (Å²) in [5.74, 6) is -2.34. The van der Waals surface area contributed by atoms with Crippen molar-refractivity contribution >= 4 is 46.6 Å². The van der Waals surface area contributed by atoms with Gasteiger partial charge in [0.2, 0.25) is 0 Å². The number of carbonyl (C=O) groups excluding carboxylic acids is 4. The molecule has 0 aliphatic heterocycles. The number of para-hydroxylation sites is 2. The van der Waals surface area contributed by atoms with Crippen molar-refractivity contribution in [1.29, 1.82) is 0 Å². The van der Waals surface area contributed by atoms with Crippen LogP contribution in [-0.4, -0.2) is 37.1 Å². The van der Waals surface area contributed by atoms with Crippen LogP contribution in [0.15, 0.2) is 59.3 Å². The van der Waals surface area contributed by atoms with Crippen molar-refractivity contribution in [2.45, 2.75) is 27.7 Å². The Morgan fingerprint density at radius 1 is 0.639 bits per heavy atom. The SMILES string of the molecule is CC(C)(COC(=O)c1cccs1)C(=O)Oc1ccccc1OC(=O)C(C)(C)COC(=O)c1cccs1. The fraction of sp³-hybridized carbons (Fsp3) is 0.308. The van der Waals surface area contributed by atoms with E-state index in [0.29, 0.717) is 9.75 Å². The van der Waals surface area contributed by atoms with E-state index in [1.807, 2.05) is 0 Å². The Hall–Kier alpha value is -3.50. The van der Waals surface area contributed by atoms with E-state index < -0.39 is 34.7 Å². The predicted molar refractivity (Wildman–Crippen MR) is 134 cm³/mol. The lowest BCUT2D eigenvalue weighted by atomic mass is 9.95. The van der Waals surface area contributed by atoms with E-state index >= 15 is 0 Å². The molecular weight excluding hydrogens is 504 g/mol. The number of esters is 4. The molecule has 0 aliphatic rings. The second-order valence-electron chi connectivity index (χ2n) is 9.10. The van der Waals surface area contributed by atoms with Gasteiger partial charge >= 0.3 is 23.9 Å². The first-order chi connectivity index (χ1) is 17.0. The summed E-state index contributed by atoms with van der Waals surface area (Å²) in [4.78, 5) is 50.8. The van der Waals surface area contributed by atoms with Crippen molar-refractivity contribution in [1.82, 2.24) is 0 Å². The lowest BCUT2D eigenvalue weighted by molar-refractivity contribution is -0.149. The maximum absolute atomic E-state index is 12.9. The third-order valence-corrected chi connectivity index (χ3v) is 6.63. The van der Waals surface area contributed by atoms with Crippen LogP contribution in [-0.2, 0) is 19.1 Å². The van der Waals surface area contributed by atoms with E-state index in [4.69, 9.17) is 18.9 Å². The molecule has 0 atom stereocenters. The summed E-state index contributed by atoms with van der Waals surface area (Å²) in [5.41, 5.74) is -2.33. The van der Waals surface area contributed by atoms with Crippen molar-refractivity contribution in [3.05, 3.63) is 69.0 Å². The molecule has 0 fully saturated rings. The molecule has 2 aromatic heterocycles. The molecule has 3 aromatic rings. The Bertz CT molecular complexity index is 1120. The van der Waals surface area contributed by atoms with Gasteiger partial charge in [0.1, 0.15) is 23.0 Å². The molecule has 0 radical (unpaired) electrons. The number of hydrogen-bond acceptors (Lipinski definition) is 10. The molecule has 10 heteroatoms. The van der Waals surface area contributed by atoms with Gasteiger partial charge in [-0.15, -0.1) is 22.7 Å². The van der Waals surface area contributed by atoms with Crippen LogP contribution in [0.3, 0.4) is 0 Å². The Morgan fingerprint density at radius 2 is 1.03 bits per heavy atom. The molecule has 8 nitrogen and oxygen atoms in total. The minimum absolute atomic E-state index is 0.0277. The van der Waals surface area contributed by atoms with Crippen LogP contribution in [0.2, 0.25) is 0 Å². The van der Waals surface area contributed by atoms with E-state index in [0.717, 1.165) is 0 Å². The molecule has 0 spiro atoms. The molecule has 0 unspecified atom stereocenters. The average molecular weight is 531 g/mol. The van der Waals surface area contributed by atoms with Crippen LogP contribution in [0.4, 0.5) is 0 Å². The molecule has 0 amide bonds. The quantitative estimate of drug-likeness (QED) is 0.254. The first kappa shape index (κ1) is 27.1. The molecule has 190 valence electrons. The number of benzene rings is 1. The van der Waals surface area contributed by atoms with Gasteiger partial charge in [0.15, 0.2) is 11.5 Å². The van der Waals surface area contributed by atoms with E-state index in [-0.39, 0.29) is 24.7 Å². The second kappa shape index (κ2) is 11.5. The predicted octanol–water partition coefficient (Wildman–Crippen LogP) is 5.39. The van der Waals surface area contributed by atoms with Crippen LogP contribution in [0.25, 0.3) is 0 Å². The Labute approximate surface area is 216 Å². The highest BCUT2D eigenvalue weighted by molar-refractivity contribution is 7.12. The van der Waals surface area contributed by atoms with Crippen LogP contribution in [0.1, 0.15) is 47.0 Å². The van der Waals surface area contributed by atoms with Gasteiger partial charge in [-0.1, -0.05) is 24.3 Å². The molecular formula is C26H26O8S2. The first-order valence-corrected chi connectivity index (χ1v) is 12.7. The van der Waals surface area contributed by atoms with Crippen molar-refractivity contribution in [2.24, 2.45) is 10.8 Å². The maximum atomic E-state index is 12.9. The van der Waals surface area contributed by atoms with Gasteiger partial charge in [0.25, 0.3) is 0 Å². The summed E-state index contributed by atoms with van der Waals surface area (Å²) in [5, 5.41) is 3.51. The van der Waals surface area contributed by atoms with Crippen molar-refractivity contribution in [3.63, 3.8) is 0 Å². The first-order valence-electron chi connectivity index (χ1n) is 10.9. The number of hydrogen-bond donors (Lipinski definition) is 0. The minimum Gasteiger partial charge on any atom is -0.460 e. The largest absolute Gasteiger partial charge is 0.460 e. The Balaban J connectivity index is 1.60. The second-order valence-corrected chi connectivity index (χ2v) is 11.0. The molecule has 0 saturated carbocycles. The van der Waals surface area contributed by atoms with E-state index in [1.54, 1.807) is 74.9 Å². The molecule has 1 aromatic carbocycles. The summed E-state index contributed by atoms with van der Waals surface area (Å²) < 4.78 is 21.5. The standard InChI is InChI=1S/C26H26O8S2/c1-25(2,15-31-21(27)19-11-7-13-35-19)23(29)33-17-9-5-6-10-18(17)34-24(30)26(3,4)16-32-22(28)20-12-8-14-36-20/h5-14H,15-16H2,1-4H3. The van der Waals surface area contributed by atoms with Crippen LogP contribution >= 0.6 is 22.7 Å². The molecule has 0 aliphatic carbocycles. The molecule has 2 heterocycles. The topological polar surface area (TPSA) is 105 Å². The van der Waals surface area contributed by atoms with Crippen molar-refractivity contribution in [3.8, 4) is 11.5 Å². The molecule has 0 N–H and O–H groups in total. The van der Waals surface area contributed by atoms with Crippen LogP contribution in [0.5, 0.6) is 11.5 Å². The number of ether oxygens (including phenoxy) is 4. The molecule has 36 heavy (non-hydrogen) atoms. The van der Waals surface area contributed by atoms with Crippen LogP contribution < -0.4 is 9.47 Å². The summed E-state index contributed by atoms with van der Waals surface area (Å²) in [6, 6.07) is 12.9. The lowest BCUT2D eigenvalue weighted by Crippen LogP contribution is -2.35. The highest BCUT2D eigenvalue weighted by Crippen LogP contribution is 2.32. The highest BCUT2D eigenvalue weighted by atomic mass is 32.1. The molecule has 0 saturated heterocycles. The van der Waals surface area contributed by atoms with Crippen LogP contribution in [0, 0.1) is 10.8 Å². The summed E-state index contributed by atoms with van der Waals surface area (Å²) in [6.45, 7) is 5.92. The molecule has 0 bridgehead atoms. The van der Waals surface area contributed by atoms with E-state index in [2.05, 4.69) is 0 Å². The minimum atomic E-state index is -1.17. The smallest absolute Gasteiger partial charge is 0.348 e.